The highest BCUT2D eigenvalue weighted by molar-refractivity contribution is 7.99. The SMILES string of the molecule is FC(F)=CCCSc1ccncc1. The molecule has 0 aliphatic rings. The highest BCUT2D eigenvalue weighted by Crippen LogP contribution is 2.17. The van der Waals surface area contributed by atoms with E-state index in [0.717, 1.165) is 11.0 Å². The van der Waals surface area contributed by atoms with E-state index in [1.165, 1.54) is 0 Å². The summed E-state index contributed by atoms with van der Waals surface area (Å²) < 4.78 is 23.2. The minimum Gasteiger partial charge on any atom is -0.265 e. The number of hydrogen-bond acceptors (Lipinski definition) is 2. The van der Waals surface area contributed by atoms with Crippen molar-refractivity contribution in [2.24, 2.45) is 0 Å². The summed E-state index contributed by atoms with van der Waals surface area (Å²) >= 11 is 1.54. The van der Waals surface area contributed by atoms with Gasteiger partial charge in [-0.05, 0) is 24.6 Å². The van der Waals surface area contributed by atoms with Gasteiger partial charge in [-0.25, -0.2) is 0 Å². The number of thioether (sulfide) groups is 1. The minimum atomic E-state index is -1.60. The van der Waals surface area contributed by atoms with Crippen LogP contribution in [0.1, 0.15) is 6.42 Å². The summed E-state index contributed by atoms with van der Waals surface area (Å²) in [6.45, 7) is 0. The van der Waals surface area contributed by atoms with Crippen molar-refractivity contribution < 1.29 is 8.78 Å². The molecule has 0 N–H and O–H groups in total. The van der Waals surface area contributed by atoms with Crippen molar-refractivity contribution in [1.29, 1.82) is 0 Å². The molecule has 0 fully saturated rings. The Balaban J connectivity index is 2.25. The number of aromatic nitrogens is 1. The van der Waals surface area contributed by atoms with Crippen LogP contribution in [0.4, 0.5) is 8.78 Å². The molecule has 0 aliphatic heterocycles. The maximum atomic E-state index is 11.6. The van der Waals surface area contributed by atoms with Gasteiger partial charge in [-0.2, -0.15) is 8.78 Å². The van der Waals surface area contributed by atoms with Crippen LogP contribution >= 0.6 is 11.8 Å². The van der Waals surface area contributed by atoms with Crippen LogP contribution in [0.25, 0.3) is 0 Å². The van der Waals surface area contributed by atoms with Crippen LogP contribution in [0.3, 0.4) is 0 Å². The number of nitrogens with zero attached hydrogens (tertiary/aromatic N) is 1. The fraction of sp³-hybridized carbons (Fsp3) is 0.222. The van der Waals surface area contributed by atoms with E-state index in [9.17, 15) is 8.78 Å². The van der Waals surface area contributed by atoms with Crippen molar-refractivity contribution in [2.45, 2.75) is 11.3 Å². The molecular weight excluding hydrogens is 192 g/mol. The zero-order valence-corrected chi connectivity index (χ0v) is 7.73. The van der Waals surface area contributed by atoms with Gasteiger partial charge in [0.1, 0.15) is 0 Å². The molecule has 0 saturated carbocycles. The van der Waals surface area contributed by atoms with E-state index in [2.05, 4.69) is 4.98 Å². The number of pyridine rings is 1. The lowest BCUT2D eigenvalue weighted by molar-refractivity contribution is 0.418. The van der Waals surface area contributed by atoms with E-state index in [1.54, 1.807) is 24.2 Å². The van der Waals surface area contributed by atoms with Gasteiger partial charge in [-0.15, -0.1) is 11.8 Å². The Bertz CT molecular complexity index is 270. The van der Waals surface area contributed by atoms with E-state index in [0.29, 0.717) is 12.2 Å². The minimum absolute atomic E-state index is 0.398. The predicted octanol–water partition coefficient (Wildman–Crippen LogP) is 3.34. The zero-order chi connectivity index (χ0) is 9.52. The second-order valence-corrected chi connectivity index (χ2v) is 3.48. The molecule has 1 aromatic rings. The Hall–Kier alpha value is -0.900. The third kappa shape index (κ3) is 4.62. The second-order valence-electron chi connectivity index (χ2n) is 2.31. The topological polar surface area (TPSA) is 12.9 Å². The van der Waals surface area contributed by atoms with Crippen LogP contribution < -0.4 is 0 Å². The van der Waals surface area contributed by atoms with Crippen molar-refractivity contribution in [3.8, 4) is 0 Å². The average Bonchev–Trinajstić information content (AvgIpc) is 2.14. The summed E-state index contributed by atoms with van der Waals surface area (Å²) in [7, 11) is 0. The van der Waals surface area contributed by atoms with Crippen LogP contribution in [-0.2, 0) is 0 Å². The van der Waals surface area contributed by atoms with Crippen molar-refractivity contribution in [3.63, 3.8) is 0 Å². The quantitative estimate of drug-likeness (QED) is 0.547. The first-order valence-electron chi connectivity index (χ1n) is 3.83. The van der Waals surface area contributed by atoms with E-state index in [1.807, 2.05) is 12.1 Å². The first-order chi connectivity index (χ1) is 6.29. The van der Waals surface area contributed by atoms with E-state index in [-0.39, 0.29) is 0 Å². The largest absolute Gasteiger partial charge is 0.266 e. The highest BCUT2D eigenvalue weighted by Gasteiger charge is 1.92. The molecule has 0 aliphatic carbocycles. The van der Waals surface area contributed by atoms with Gasteiger partial charge in [0.2, 0.25) is 0 Å². The molecular formula is C9H9F2NS. The van der Waals surface area contributed by atoms with Crippen molar-refractivity contribution >= 4 is 11.8 Å². The molecule has 0 amide bonds. The van der Waals surface area contributed by atoms with Crippen LogP contribution in [-0.4, -0.2) is 10.7 Å². The fourth-order valence-electron chi connectivity index (χ4n) is 0.779. The van der Waals surface area contributed by atoms with Gasteiger partial charge in [-0.3, -0.25) is 4.98 Å². The Morgan fingerprint density at radius 1 is 1.38 bits per heavy atom. The summed E-state index contributed by atoms with van der Waals surface area (Å²) in [6.07, 6.45) is 3.11. The van der Waals surface area contributed by atoms with Crippen LogP contribution in [0.5, 0.6) is 0 Å². The maximum Gasteiger partial charge on any atom is 0.266 e. The predicted molar refractivity (Wildman–Crippen MR) is 49.9 cm³/mol. The highest BCUT2D eigenvalue weighted by atomic mass is 32.2. The molecule has 1 aromatic heterocycles. The number of allylic oxidation sites excluding steroid dienone is 1. The lowest BCUT2D eigenvalue weighted by Crippen LogP contribution is -1.77. The molecule has 0 spiro atoms. The van der Waals surface area contributed by atoms with Gasteiger partial charge < -0.3 is 0 Å². The molecule has 0 radical (unpaired) electrons. The Labute approximate surface area is 79.9 Å². The second kappa shape index (κ2) is 5.70. The molecule has 0 atom stereocenters. The molecule has 1 nitrogen and oxygen atoms in total. The van der Waals surface area contributed by atoms with Gasteiger partial charge in [0.05, 0.1) is 0 Å². The Morgan fingerprint density at radius 2 is 2.08 bits per heavy atom. The maximum absolute atomic E-state index is 11.6. The first-order valence-corrected chi connectivity index (χ1v) is 4.81. The molecule has 0 bridgehead atoms. The van der Waals surface area contributed by atoms with Crippen LogP contribution in [0, 0.1) is 0 Å². The van der Waals surface area contributed by atoms with Crippen molar-refractivity contribution in [3.05, 3.63) is 36.7 Å². The summed E-state index contributed by atoms with van der Waals surface area (Å²) in [5.74, 6) is 0.668. The van der Waals surface area contributed by atoms with Crippen molar-refractivity contribution in [2.75, 3.05) is 5.75 Å². The van der Waals surface area contributed by atoms with E-state index >= 15 is 0 Å². The fourth-order valence-corrected chi connectivity index (χ4v) is 1.56. The standard InChI is InChI=1S/C9H9F2NS/c10-9(11)2-1-7-13-8-3-5-12-6-4-8/h2-6H,1,7H2. The van der Waals surface area contributed by atoms with Crippen LogP contribution in [0.15, 0.2) is 41.6 Å². The molecule has 0 saturated heterocycles. The average molecular weight is 201 g/mol. The third-order valence-electron chi connectivity index (χ3n) is 1.33. The summed E-state index contributed by atoms with van der Waals surface area (Å²) in [4.78, 5) is 4.91. The molecule has 0 aromatic carbocycles. The van der Waals surface area contributed by atoms with Crippen molar-refractivity contribution in [1.82, 2.24) is 4.98 Å². The third-order valence-corrected chi connectivity index (χ3v) is 2.38. The molecule has 0 unspecified atom stereocenters. The smallest absolute Gasteiger partial charge is 0.265 e. The molecule has 13 heavy (non-hydrogen) atoms. The number of halogens is 2. The van der Waals surface area contributed by atoms with E-state index in [4.69, 9.17) is 0 Å². The zero-order valence-electron chi connectivity index (χ0n) is 6.91. The van der Waals surface area contributed by atoms with Gasteiger partial charge in [-0.1, -0.05) is 0 Å². The molecule has 1 rings (SSSR count). The molecule has 1 heterocycles. The number of hydrogen-bond donors (Lipinski definition) is 0. The van der Waals surface area contributed by atoms with Gasteiger partial charge in [0.25, 0.3) is 6.08 Å². The number of rotatable bonds is 4. The molecule has 4 heteroatoms. The monoisotopic (exact) mass is 201 g/mol. The van der Waals surface area contributed by atoms with Crippen LogP contribution in [0.2, 0.25) is 0 Å². The lowest BCUT2D eigenvalue weighted by atomic mass is 10.5. The lowest BCUT2D eigenvalue weighted by Gasteiger charge is -1.96. The summed E-state index contributed by atoms with van der Waals surface area (Å²) in [5.41, 5.74) is 0. The van der Waals surface area contributed by atoms with Gasteiger partial charge in [0.15, 0.2) is 0 Å². The van der Waals surface area contributed by atoms with Gasteiger partial charge >= 0.3 is 0 Å². The van der Waals surface area contributed by atoms with Gasteiger partial charge in [0, 0.05) is 23.0 Å². The Morgan fingerprint density at radius 3 is 2.69 bits per heavy atom. The van der Waals surface area contributed by atoms with E-state index < -0.39 is 6.08 Å². The normalized spacial score (nSPS) is 9.69. The summed E-state index contributed by atoms with van der Waals surface area (Å²) in [6, 6.07) is 3.72. The molecule has 70 valence electrons. The Kier molecular flexibility index (Phi) is 4.46. The first kappa shape index (κ1) is 10.2. The summed E-state index contributed by atoms with van der Waals surface area (Å²) in [5, 5.41) is 0.